The van der Waals surface area contributed by atoms with Crippen LogP contribution >= 0.6 is 0 Å². The summed E-state index contributed by atoms with van der Waals surface area (Å²) in [6, 6.07) is 12.3. The minimum Gasteiger partial charge on any atom is -0.497 e. The van der Waals surface area contributed by atoms with Crippen molar-refractivity contribution in [2.45, 2.75) is 25.5 Å². The fraction of sp³-hybridized carbons (Fsp3) is 0.318. The fourth-order valence-electron chi connectivity index (χ4n) is 3.45. The molecule has 5 nitrogen and oxygen atoms in total. The first-order chi connectivity index (χ1) is 14.0. The summed E-state index contributed by atoms with van der Waals surface area (Å²) in [5.74, 6) is 0.801. The Labute approximate surface area is 168 Å². The highest BCUT2D eigenvalue weighted by Crippen LogP contribution is 2.33. The number of rotatable bonds is 7. The molecule has 2 aromatic carbocycles. The lowest BCUT2D eigenvalue weighted by Gasteiger charge is -2.24. The molecule has 1 fully saturated rings. The minimum absolute atomic E-state index is 0.0226. The molecule has 1 aliphatic rings. The van der Waals surface area contributed by atoms with Crippen molar-refractivity contribution in [1.82, 2.24) is 4.90 Å². The van der Waals surface area contributed by atoms with E-state index in [1.165, 1.54) is 19.3 Å². The first-order valence-corrected chi connectivity index (χ1v) is 9.27. The van der Waals surface area contributed by atoms with Crippen LogP contribution in [0.25, 0.3) is 6.08 Å². The van der Waals surface area contributed by atoms with Crippen LogP contribution in [0, 0.1) is 0 Å². The molecule has 0 N–H and O–H groups in total. The number of ether oxygens (including phenoxy) is 3. The van der Waals surface area contributed by atoms with E-state index in [2.05, 4.69) is 4.74 Å². The highest BCUT2D eigenvalue weighted by Gasteiger charge is 2.28. The van der Waals surface area contributed by atoms with Crippen molar-refractivity contribution in [2.75, 3.05) is 20.8 Å². The fourth-order valence-corrected chi connectivity index (χ4v) is 3.45. The summed E-state index contributed by atoms with van der Waals surface area (Å²) in [4.78, 5) is 14.6. The van der Waals surface area contributed by atoms with Gasteiger partial charge in [-0.15, -0.1) is 0 Å². The first kappa shape index (κ1) is 20.6. The summed E-state index contributed by atoms with van der Waals surface area (Å²) < 4.78 is 39.6. The Morgan fingerprint density at radius 2 is 1.86 bits per heavy atom. The SMILES string of the molecule is COc1ccc(C2CCCN2C(=O)/C=C/c2ccc(OC(F)F)c(OC)c2)cc1. The summed E-state index contributed by atoms with van der Waals surface area (Å²) >= 11 is 0. The van der Waals surface area contributed by atoms with Gasteiger partial charge < -0.3 is 19.1 Å². The molecular formula is C22H23F2NO4. The number of carbonyl (C=O) groups is 1. The third-order valence-electron chi connectivity index (χ3n) is 4.86. The van der Waals surface area contributed by atoms with Crippen LogP contribution in [0.1, 0.15) is 30.0 Å². The van der Waals surface area contributed by atoms with Gasteiger partial charge in [0.25, 0.3) is 0 Å². The van der Waals surface area contributed by atoms with Gasteiger partial charge in [-0.3, -0.25) is 4.79 Å². The number of likely N-dealkylation sites (tertiary alicyclic amines) is 1. The van der Waals surface area contributed by atoms with Crippen molar-refractivity contribution < 1.29 is 27.8 Å². The standard InChI is InChI=1S/C22H23F2NO4/c1-27-17-9-7-16(8-10-17)18-4-3-13-25(18)21(26)12-6-15-5-11-19(29-22(23)24)20(14-15)28-2/h5-12,14,18,22H,3-4,13H2,1-2H3/b12-6+. The molecule has 0 spiro atoms. The van der Waals surface area contributed by atoms with E-state index >= 15 is 0 Å². The number of hydrogen-bond donors (Lipinski definition) is 0. The van der Waals surface area contributed by atoms with E-state index in [0.717, 1.165) is 24.2 Å². The predicted molar refractivity (Wildman–Crippen MR) is 105 cm³/mol. The van der Waals surface area contributed by atoms with Crippen LogP contribution in [0.5, 0.6) is 17.2 Å². The largest absolute Gasteiger partial charge is 0.497 e. The lowest BCUT2D eigenvalue weighted by atomic mass is 10.0. The molecule has 0 bridgehead atoms. The summed E-state index contributed by atoms with van der Waals surface area (Å²) in [6.07, 6.45) is 4.97. The van der Waals surface area contributed by atoms with Crippen LogP contribution in [-0.2, 0) is 4.79 Å². The molecule has 1 atom stereocenters. The third-order valence-corrected chi connectivity index (χ3v) is 4.86. The highest BCUT2D eigenvalue weighted by atomic mass is 19.3. The molecule has 1 heterocycles. The van der Waals surface area contributed by atoms with Gasteiger partial charge in [-0.25, -0.2) is 0 Å². The zero-order valence-electron chi connectivity index (χ0n) is 16.3. The zero-order chi connectivity index (χ0) is 20.8. The van der Waals surface area contributed by atoms with Gasteiger partial charge in [0.1, 0.15) is 5.75 Å². The summed E-state index contributed by atoms with van der Waals surface area (Å²) in [5, 5.41) is 0. The number of methoxy groups -OCH3 is 2. The predicted octanol–water partition coefficient (Wildman–Crippen LogP) is 4.68. The minimum atomic E-state index is -2.93. The molecule has 1 aliphatic heterocycles. The Balaban J connectivity index is 1.72. The van der Waals surface area contributed by atoms with Crippen LogP contribution in [0.15, 0.2) is 48.5 Å². The average molecular weight is 403 g/mol. The third kappa shape index (κ3) is 5.04. The van der Waals surface area contributed by atoms with Crippen molar-refractivity contribution in [3.63, 3.8) is 0 Å². The molecule has 154 valence electrons. The molecule has 29 heavy (non-hydrogen) atoms. The molecule has 1 saturated heterocycles. The molecule has 3 rings (SSSR count). The van der Waals surface area contributed by atoms with Gasteiger partial charge in [-0.2, -0.15) is 8.78 Å². The second-order valence-corrected chi connectivity index (χ2v) is 6.58. The van der Waals surface area contributed by atoms with E-state index in [9.17, 15) is 13.6 Å². The molecule has 0 aliphatic carbocycles. The zero-order valence-corrected chi connectivity index (χ0v) is 16.3. The molecular weight excluding hydrogens is 380 g/mol. The summed E-state index contributed by atoms with van der Waals surface area (Å²) in [6.45, 7) is -2.25. The van der Waals surface area contributed by atoms with Gasteiger partial charge in [0, 0.05) is 12.6 Å². The lowest BCUT2D eigenvalue weighted by molar-refractivity contribution is -0.126. The van der Waals surface area contributed by atoms with Gasteiger partial charge in [0.2, 0.25) is 5.91 Å². The number of carbonyl (C=O) groups excluding carboxylic acids is 1. The topological polar surface area (TPSA) is 48.0 Å². The Morgan fingerprint density at radius 3 is 2.52 bits per heavy atom. The van der Waals surface area contributed by atoms with Gasteiger partial charge in [-0.1, -0.05) is 18.2 Å². The number of nitrogens with zero attached hydrogens (tertiary/aromatic N) is 1. The number of alkyl halides is 2. The van der Waals surface area contributed by atoms with Gasteiger partial charge in [-0.05, 0) is 54.3 Å². The second kappa shape index (κ2) is 9.41. The summed E-state index contributed by atoms with van der Waals surface area (Å²) in [5.41, 5.74) is 1.72. The van der Waals surface area contributed by atoms with Crippen LogP contribution in [0.4, 0.5) is 8.78 Å². The molecule has 2 aromatic rings. The maximum Gasteiger partial charge on any atom is 0.387 e. The van der Waals surface area contributed by atoms with Crippen molar-refractivity contribution in [3.05, 3.63) is 59.7 Å². The lowest BCUT2D eigenvalue weighted by Crippen LogP contribution is -2.28. The van der Waals surface area contributed by atoms with Crippen molar-refractivity contribution in [3.8, 4) is 17.2 Å². The van der Waals surface area contributed by atoms with Gasteiger partial charge >= 0.3 is 6.61 Å². The number of halogens is 2. The number of hydrogen-bond acceptors (Lipinski definition) is 4. The quantitative estimate of drug-likeness (QED) is 0.630. The van der Waals surface area contributed by atoms with Crippen molar-refractivity contribution in [1.29, 1.82) is 0 Å². The Hall–Kier alpha value is -3.09. The molecule has 7 heteroatoms. The van der Waals surface area contributed by atoms with Gasteiger partial charge in [0.05, 0.1) is 20.3 Å². The van der Waals surface area contributed by atoms with E-state index < -0.39 is 6.61 Å². The molecule has 0 aromatic heterocycles. The second-order valence-electron chi connectivity index (χ2n) is 6.58. The monoisotopic (exact) mass is 403 g/mol. The van der Waals surface area contributed by atoms with Crippen LogP contribution in [-0.4, -0.2) is 38.2 Å². The normalized spacial score (nSPS) is 16.4. The van der Waals surface area contributed by atoms with Crippen LogP contribution in [0.3, 0.4) is 0 Å². The highest BCUT2D eigenvalue weighted by molar-refractivity contribution is 5.92. The molecule has 1 unspecified atom stereocenters. The molecule has 1 amide bonds. The number of benzene rings is 2. The van der Waals surface area contributed by atoms with Crippen molar-refractivity contribution in [2.24, 2.45) is 0 Å². The van der Waals surface area contributed by atoms with Crippen LogP contribution < -0.4 is 14.2 Å². The van der Waals surface area contributed by atoms with E-state index in [1.54, 1.807) is 25.3 Å². The van der Waals surface area contributed by atoms with Crippen molar-refractivity contribution >= 4 is 12.0 Å². The maximum absolute atomic E-state index is 12.8. The van der Waals surface area contributed by atoms with E-state index in [0.29, 0.717) is 12.1 Å². The Morgan fingerprint density at radius 1 is 1.10 bits per heavy atom. The molecule has 0 radical (unpaired) electrons. The first-order valence-electron chi connectivity index (χ1n) is 9.27. The Bertz CT molecular complexity index is 868. The van der Waals surface area contributed by atoms with Crippen LogP contribution in [0.2, 0.25) is 0 Å². The molecule has 0 saturated carbocycles. The Kier molecular flexibility index (Phi) is 6.69. The average Bonchev–Trinajstić information content (AvgIpc) is 3.22. The van der Waals surface area contributed by atoms with E-state index in [4.69, 9.17) is 9.47 Å². The summed E-state index contributed by atoms with van der Waals surface area (Å²) in [7, 11) is 2.99. The van der Waals surface area contributed by atoms with Gasteiger partial charge in [0.15, 0.2) is 11.5 Å². The number of amides is 1. The van der Waals surface area contributed by atoms with E-state index in [-0.39, 0.29) is 23.4 Å². The maximum atomic E-state index is 12.8. The smallest absolute Gasteiger partial charge is 0.387 e. The van der Waals surface area contributed by atoms with E-state index in [1.807, 2.05) is 29.2 Å².